The van der Waals surface area contributed by atoms with Gasteiger partial charge < -0.3 is 5.11 Å². The van der Waals surface area contributed by atoms with Crippen LogP contribution in [0.25, 0.3) is 0 Å². The minimum atomic E-state index is -4.65. The molecule has 0 aliphatic carbocycles. The van der Waals surface area contributed by atoms with Crippen molar-refractivity contribution in [3.63, 3.8) is 0 Å². The summed E-state index contributed by atoms with van der Waals surface area (Å²) in [5.41, 5.74) is -0.572. The number of hydrogen-bond donors (Lipinski definition) is 1. The van der Waals surface area contributed by atoms with Gasteiger partial charge in [-0.05, 0) is 29.3 Å². The fraction of sp³-hybridized carbons (Fsp3) is 0.308. The molecule has 0 radical (unpaired) electrons. The number of alkyl halides is 3. The van der Waals surface area contributed by atoms with Gasteiger partial charge >= 0.3 is 6.18 Å². The molecule has 0 saturated carbocycles. The average molecular weight is 288 g/mol. The molecule has 108 valence electrons. The lowest BCUT2D eigenvalue weighted by atomic mass is 10.0. The maximum atomic E-state index is 13.2. The zero-order valence-corrected chi connectivity index (χ0v) is 10.5. The largest absolute Gasteiger partial charge is 0.416 e. The normalized spacial score (nSPS) is 13.5. The van der Waals surface area contributed by atoms with E-state index in [0.29, 0.717) is 11.6 Å². The predicted octanol–water partition coefficient (Wildman–Crippen LogP) is 2.85. The quantitative estimate of drug-likeness (QED) is 0.882. The Bertz CT molecular complexity index is 607. The Morgan fingerprint density at radius 3 is 2.55 bits per heavy atom. The standard InChI is InChI=1S/C13H12F4N2O/c1-19-7-8(6-18-19)2-12(20)9-3-10(13(15,16)17)5-11(14)4-9/h3-7,12,20H,2H2,1H3. The smallest absolute Gasteiger partial charge is 0.388 e. The third-order valence-corrected chi connectivity index (χ3v) is 2.82. The van der Waals surface area contributed by atoms with Gasteiger partial charge in [0.15, 0.2) is 0 Å². The second kappa shape index (κ2) is 5.24. The van der Waals surface area contributed by atoms with Crippen molar-refractivity contribution in [1.29, 1.82) is 0 Å². The number of benzene rings is 1. The zero-order valence-electron chi connectivity index (χ0n) is 10.5. The molecule has 0 amide bonds. The zero-order chi connectivity index (χ0) is 14.9. The molecule has 0 spiro atoms. The topological polar surface area (TPSA) is 38.0 Å². The highest BCUT2D eigenvalue weighted by Crippen LogP contribution is 2.32. The SMILES string of the molecule is Cn1cc(CC(O)c2cc(F)cc(C(F)(F)F)c2)cn1. The Labute approximate surface area is 112 Å². The lowest BCUT2D eigenvalue weighted by Crippen LogP contribution is -2.09. The van der Waals surface area contributed by atoms with E-state index in [-0.39, 0.29) is 12.0 Å². The molecule has 0 fully saturated rings. The number of aromatic nitrogens is 2. The number of aliphatic hydroxyl groups excluding tert-OH is 1. The first kappa shape index (κ1) is 14.5. The molecule has 1 aromatic carbocycles. The first-order chi connectivity index (χ1) is 9.25. The highest BCUT2D eigenvalue weighted by atomic mass is 19.4. The minimum absolute atomic E-state index is 0.0641. The number of aliphatic hydroxyl groups is 1. The summed E-state index contributed by atoms with van der Waals surface area (Å²) >= 11 is 0. The van der Waals surface area contributed by atoms with Crippen LogP contribution in [0.15, 0.2) is 30.6 Å². The fourth-order valence-electron chi connectivity index (χ4n) is 1.89. The van der Waals surface area contributed by atoms with Gasteiger partial charge in [0.05, 0.1) is 17.9 Å². The van der Waals surface area contributed by atoms with Gasteiger partial charge in [-0.2, -0.15) is 18.3 Å². The van der Waals surface area contributed by atoms with Crippen LogP contribution in [-0.2, 0) is 19.6 Å². The van der Waals surface area contributed by atoms with E-state index >= 15 is 0 Å². The third-order valence-electron chi connectivity index (χ3n) is 2.82. The lowest BCUT2D eigenvalue weighted by Gasteiger charge is -2.13. The molecule has 20 heavy (non-hydrogen) atoms. The Kier molecular flexibility index (Phi) is 3.80. The van der Waals surface area contributed by atoms with Gasteiger partial charge in [0.25, 0.3) is 0 Å². The van der Waals surface area contributed by atoms with Gasteiger partial charge in [0, 0.05) is 19.7 Å². The van der Waals surface area contributed by atoms with Crippen LogP contribution in [-0.4, -0.2) is 14.9 Å². The molecule has 1 aromatic heterocycles. The van der Waals surface area contributed by atoms with Crippen LogP contribution in [0.5, 0.6) is 0 Å². The van der Waals surface area contributed by atoms with E-state index in [1.54, 1.807) is 13.2 Å². The average Bonchev–Trinajstić information content (AvgIpc) is 2.72. The van der Waals surface area contributed by atoms with Crippen molar-refractivity contribution in [2.24, 2.45) is 7.05 Å². The monoisotopic (exact) mass is 288 g/mol. The van der Waals surface area contributed by atoms with Crippen molar-refractivity contribution in [2.45, 2.75) is 18.7 Å². The fourth-order valence-corrected chi connectivity index (χ4v) is 1.89. The van der Waals surface area contributed by atoms with Crippen molar-refractivity contribution in [2.75, 3.05) is 0 Å². The number of halogens is 4. The van der Waals surface area contributed by atoms with E-state index in [1.807, 2.05) is 0 Å². The molecule has 0 aliphatic heterocycles. The first-order valence-corrected chi connectivity index (χ1v) is 5.79. The van der Waals surface area contributed by atoms with Gasteiger partial charge in [-0.25, -0.2) is 4.39 Å². The summed E-state index contributed by atoms with van der Waals surface area (Å²) in [6.07, 6.45) is -2.68. The van der Waals surface area contributed by atoms with Gasteiger partial charge in [0.1, 0.15) is 5.82 Å². The van der Waals surface area contributed by atoms with Crippen molar-refractivity contribution >= 4 is 0 Å². The van der Waals surface area contributed by atoms with Crippen LogP contribution in [0.3, 0.4) is 0 Å². The molecule has 2 rings (SSSR count). The summed E-state index contributed by atoms with van der Waals surface area (Å²) in [6.45, 7) is 0. The molecule has 1 atom stereocenters. The van der Waals surface area contributed by atoms with Crippen LogP contribution >= 0.6 is 0 Å². The predicted molar refractivity (Wildman–Crippen MR) is 63.3 cm³/mol. The molecule has 0 bridgehead atoms. The van der Waals surface area contributed by atoms with Crippen LogP contribution in [0.2, 0.25) is 0 Å². The Morgan fingerprint density at radius 1 is 1.30 bits per heavy atom. The van der Waals surface area contributed by atoms with Crippen molar-refractivity contribution in [1.82, 2.24) is 9.78 Å². The highest BCUT2D eigenvalue weighted by Gasteiger charge is 2.32. The summed E-state index contributed by atoms with van der Waals surface area (Å²) in [5, 5.41) is 13.8. The van der Waals surface area contributed by atoms with Crippen molar-refractivity contribution in [3.8, 4) is 0 Å². The van der Waals surface area contributed by atoms with E-state index in [0.717, 1.165) is 12.1 Å². The second-order valence-corrected chi connectivity index (χ2v) is 4.51. The van der Waals surface area contributed by atoms with Gasteiger partial charge in [-0.15, -0.1) is 0 Å². The molecular weight excluding hydrogens is 276 g/mol. The lowest BCUT2D eigenvalue weighted by molar-refractivity contribution is -0.137. The van der Waals surface area contributed by atoms with E-state index in [2.05, 4.69) is 5.10 Å². The molecule has 2 aromatic rings. The number of aryl methyl sites for hydroxylation is 1. The minimum Gasteiger partial charge on any atom is -0.388 e. The molecule has 0 saturated heterocycles. The van der Waals surface area contributed by atoms with Crippen molar-refractivity contribution in [3.05, 3.63) is 53.1 Å². The first-order valence-electron chi connectivity index (χ1n) is 5.79. The Morgan fingerprint density at radius 2 is 2.00 bits per heavy atom. The van der Waals surface area contributed by atoms with E-state index in [9.17, 15) is 22.7 Å². The van der Waals surface area contributed by atoms with E-state index < -0.39 is 23.7 Å². The van der Waals surface area contributed by atoms with Crippen LogP contribution in [0.1, 0.15) is 22.8 Å². The summed E-state index contributed by atoms with van der Waals surface area (Å²) in [5.74, 6) is -1.03. The highest BCUT2D eigenvalue weighted by molar-refractivity contribution is 5.29. The number of hydrogen-bond acceptors (Lipinski definition) is 2. The summed E-state index contributed by atoms with van der Waals surface area (Å²) in [4.78, 5) is 0. The molecule has 1 unspecified atom stereocenters. The Balaban J connectivity index is 2.25. The summed E-state index contributed by atoms with van der Waals surface area (Å²) < 4.78 is 52.5. The van der Waals surface area contributed by atoms with Crippen LogP contribution in [0.4, 0.5) is 17.6 Å². The Hall–Kier alpha value is -1.89. The summed E-state index contributed by atoms with van der Waals surface area (Å²) in [7, 11) is 1.68. The molecular formula is C13H12F4N2O. The molecule has 7 heteroatoms. The van der Waals surface area contributed by atoms with Crippen molar-refractivity contribution < 1.29 is 22.7 Å². The van der Waals surface area contributed by atoms with E-state index in [1.165, 1.54) is 10.9 Å². The summed E-state index contributed by atoms with van der Waals surface area (Å²) in [6, 6.07) is 2.06. The van der Waals surface area contributed by atoms with Gasteiger partial charge in [0.2, 0.25) is 0 Å². The molecule has 1 heterocycles. The maximum absolute atomic E-state index is 13.2. The third kappa shape index (κ3) is 3.36. The van der Waals surface area contributed by atoms with E-state index in [4.69, 9.17) is 0 Å². The van der Waals surface area contributed by atoms with Gasteiger partial charge in [-0.1, -0.05) is 0 Å². The number of nitrogens with zero attached hydrogens (tertiary/aromatic N) is 2. The maximum Gasteiger partial charge on any atom is 0.416 e. The second-order valence-electron chi connectivity index (χ2n) is 4.51. The van der Waals surface area contributed by atoms with Crippen LogP contribution in [0, 0.1) is 5.82 Å². The molecule has 1 N–H and O–H groups in total. The van der Waals surface area contributed by atoms with Crippen LogP contribution < -0.4 is 0 Å². The molecule has 3 nitrogen and oxygen atoms in total. The molecule has 0 aliphatic rings. The van der Waals surface area contributed by atoms with Gasteiger partial charge in [-0.3, -0.25) is 4.68 Å². The number of rotatable bonds is 3.